The van der Waals surface area contributed by atoms with E-state index in [0.29, 0.717) is 49.1 Å². The van der Waals surface area contributed by atoms with Crippen molar-refractivity contribution < 1.29 is 13.2 Å². The number of sulfonamides is 1. The topological polar surface area (TPSA) is 92.6 Å². The van der Waals surface area contributed by atoms with Gasteiger partial charge in [0.25, 0.3) is 11.5 Å². The molecule has 1 amide bonds. The summed E-state index contributed by atoms with van der Waals surface area (Å²) in [6, 6.07) is 12.0. The van der Waals surface area contributed by atoms with Crippen LogP contribution in [0.1, 0.15) is 43.7 Å². The summed E-state index contributed by atoms with van der Waals surface area (Å²) in [4.78, 5) is 28.4. The van der Waals surface area contributed by atoms with Gasteiger partial charge in [-0.1, -0.05) is 45.9 Å². The number of benzene rings is 2. The molecular formula is C25H30N4O4S. The molecule has 4 rings (SSSR count). The van der Waals surface area contributed by atoms with Crippen molar-refractivity contribution in [1.29, 1.82) is 0 Å². The summed E-state index contributed by atoms with van der Waals surface area (Å²) in [5, 5.41) is 5.45. The number of amides is 1. The number of fused-ring (bicyclic) bond motifs is 2. The summed E-state index contributed by atoms with van der Waals surface area (Å²) in [5.74, 6) is -0.111. The molecule has 34 heavy (non-hydrogen) atoms. The zero-order valence-electron chi connectivity index (χ0n) is 20.0. The van der Waals surface area contributed by atoms with Gasteiger partial charge >= 0.3 is 0 Å². The smallest absolute Gasteiger partial charge is 0.279 e. The van der Waals surface area contributed by atoms with E-state index in [9.17, 15) is 18.0 Å². The van der Waals surface area contributed by atoms with Crippen LogP contribution in [-0.4, -0.2) is 48.0 Å². The predicted octanol–water partition coefficient (Wildman–Crippen LogP) is 3.29. The molecule has 9 heteroatoms. The second-order valence-electron chi connectivity index (χ2n) is 8.86. The number of hydrogen-bond acceptors (Lipinski definition) is 5. The minimum Gasteiger partial charge on any atom is -0.306 e. The first kappa shape index (κ1) is 24.1. The second-order valence-corrected chi connectivity index (χ2v) is 10.8. The van der Waals surface area contributed by atoms with Gasteiger partial charge in [0.1, 0.15) is 0 Å². The average Bonchev–Trinajstić information content (AvgIpc) is 3.24. The van der Waals surface area contributed by atoms with Crippen LogP contribution in [0.25, 0.3) is 10.8 Å². The van der Waals surface area contributed by atoms with Crippen molar-refractivity contribution in [2.45, 2.75) is 45.6 Å². The van der Waals surface area contributed by atoms with E-state index in [1.165, 1.54) is 8.99 Å². The lowest BCUT2D eigenvalue weighted by molar-refractivity contribution is 0.0983. The zero-order chi connectivity index (χ0) is 24.6. The van der Waals surface area contributed by atoms with Crippen molar-refractivity contribution in [1.82, 2.24) is 14.1 Å². The lowest BCUT2D eigenvalue weighted by atomic mass is 10.1. The molecule has 0 spiro atoms. The Morgan fingerprint density at radius 2 is 1.76 bits per heavy atom. The van der Waals surface area contributed by atoms with Gasteiger partial charge in [-0.15, -0.1) is 0 Å². The van der Waals surface area contributed by atoms with Crippen molar-refractivity contribution in [3.63, 3.8) is 0 Å². The summed E-state index contributed by atoms with van der Waals surface area (Å²) < 4.78 is 28.7. The highest BCUT2D eigenvalue weighted by atomic mass is 32.2. The molecule has 1 aliphatic heterocycles. The van der Waals surface area contributed by atoms with Crippen molar-refractivity contribution in [2.24, 2.45) is 5.92 Å². The molecule has 0 fully saturated rings. The molecule has 2 heterocycles. The molecule has 0 aliphatic carbocycles. The number of rotatable bonds is 7. The Hall–Kier alpha value is -3.04. The first-order valence-electron chi connectivity index (χ1n) is 11.6. The second kappa shape index (κ2) is 9.31. The van der Waals surface area contributed by atoms with Gasteiger partial charge < -0.3 is 4.90 Å². The van der Waals surface area contributed by atoms with Gasteiger partial charge in [-0.3, -0.25) is 9.59 Å². The summed E-state index contributed by atoms with van der Waals surface area (Å²) in [7, 11) is -3.58. The Bertz CT molecular complexity index is 1410. The quantitative estimate of drug-likeness (QED) is 0.515. The van der Waals surface area contributed by atoms with E-state index < -0.39 is 10.0 Å². The monoisotopic (exact) mass is 482 g/mol. The Morgan fingerprint density at radius 3 is 2.41 bits per heavy atom. The largest absolute Gasteiger partial charge is 0.306 e. The Kier molecular flexibility index (Phi) is 6.60. The molecular weight excluding hydrogens is 452 g/mol. The van der Waals surface area contributed by atoms with Crippen LogP contribution in [0.2, 0.25) is 0 Å². The standard InChI is InChI=1S/C25H30N4O4S/c1-5-27(6-2)34(32,33)19-11-12-22-18(15-19)13-14-28(22)25(31)23-20-9-7-8-10-21(20)24(30)29(26-23)16-17(3)4/h7-12,15,17H,5-6,13-14,16H2,1-4H3. The minimum absolute atomic E-state index is 0.188. The highest BCUT2D eigenvalue weighted by Gasteiger charge is 2.31. The van der Waals surface area contributed by atoms with Crippen LogP contribution in [0, 0.1) is 5.92 Å². The van der Waals surface area contributed by atoms with E-state index in [1.807, 2.05) is 27.7 Å². The molecule has 8 nitrogen and oxygen atoms in total. The number of carbonyl (C=O) groups excluding carboxylic acids is 1. The molecule has 3 aromatic rings. The Labute approximate surface area is 199 Å². The van der Waals surface area contributed by atoms with E-state index in [2.05, 4.69) is 5.10 Å². The molecule has 1 aliphatic rings. The normalized spacial score (nSPS) is 13.8. The Balaban J connectivity index is 1.76. The fourth-order valence-electron chi connectivity index (χ4n) is 4.45. The maximum atomic E-state index is 13.7. The molecule has 0 unspecified atom stereocenters. The average molecular weight is 483 g/mol. The van der Waals surface area contributed by atoms with E-state index in [4.69, 9.17) is 0 Å². The van der Waals surface area contributed by atoms with Gasteiger partial charge in [0.15, 0.2) is 5.69 Å². The Morgan fingerprint density at radius 1 is 1.09 bits per heavy atom. The van der Waals surface area contributed by atoms with Crippen molar-refractivity contribution in [3.05, 3.63) is 64.1 Å². The predicted molar refractivity (Wildman–Crippen MR) is 133 cm³/mol. The lowest BCUT2D eigenvalue weighted by Crippen LogP contribution is -2.34. The first-order chi connectivity index (χ1) is 16.2. The van der Waals surface area contributed by atoms with Gasteiger partial charge in [-0.2, -0.15) is 9.40 Å². The molecule has 180 valence electrons. The fraction of sp³-hybridized carbons (Fsp3) is 0.400. The SMILES string of the molecule is CCN(CC)S(=O)(=O)c1ccc2c(c1)CCN2C(=O)c1nn(CC(C)C)c(=O)c2ccccc12. The summed E-state index contributed by atoms with van der Waals surface area (Å²) in [6.45, 7) is 9.22. The summed E-state index contributed by atoms with van der Waals surface area (Å²) in [5.41, 5.74) is 1.50. The molecule has 1 aromatic heterocycles. The molecule has 0 N–H and O–H groups in total. The number of hydrogen-bond donors (Lipinski definition) is 0. The number of aromatic nitrogens is 2. The fourth-order valence-corrected chi connectivity index (χ4v) is 5.96. The van der Waals surface area contributed by atoms with Crippen LogP contribution in [0.5, 0.6) is 0 Å². The molecule has 0 bridgehead atoms. The third kappa shape index (κ3) is 4.14. The van der Waals surface area contributed by atoms with Crippen LogP contribution in [0.3, 0.4) is 0 Å². The van der Waals surface area contributed by atoms with Crippen molar-refractivity contribution in [2.75, 3.05) is 24.5 Å². The van der Waals surface area contributed by atoms with Gasteiger partial charge in [0.05, 0.1) is 10.3 Å². The van der Waals surface area contributed by atoms with Crippen LogP contribution in [0.15, 0.2) is 52.2 Å². The number of carbonyl (C=O) groups is 1. The number of nitrogens with zero attached hydrogens (tertiary/aromatic N) is 4. The van der Waals surface area contributed by atoms with E-state index in [0.717, 1.165) is 5.56 Å². The van der Waals surface area contributed by atoms with Gasteiger partial charge in [0, 0.05) is 37.3 Å². The lowest BCUT2D eigenvalue weighted by Gasteiger charge is -2.21. The summed E-state index contributed by atoms with van der Waals surface area (Å²) >= 11 is 0. The van der Waals surface area contributed by atoms with Crippen molar-refractivity contribution in [3.8, 4) is 0 Å². The third-order valence-electron chi connectivity index (χ3n) is 6.14. The van der Waals surface area contributed by atoms with Gasteiger partial charge in [0.2, 0.25) is 10.0 Å². The highest BCUT2D eigenvalue weighted by Crippen LogP contribution is 2.32. The van der Waals surface area contributed by atoms with Crippen LogP contribution in [0.4, 0.5) is 5.69 Å². The molecule has 0 saturated heterocycles. The third-order valence-corrected chi connectivity index (χ3v) is 8.19. The molecule has 0 radical (unpaired) electrons. The van der Waals surface area contributed by atoms with Crippen LogP contribution < -0.4 is 10.5 Å². The van der Waals surface area contributed by atoms with Crippen molar-refractivity contribution >= 4 is 32.4 Å². The molecule has 2 aromatic carbocycles. The van der Waals surface area contributed by atoms with Gasteiger partial charge in [-0.25, -0.2) is 13.1 Å². The maximum Gasteiger partial charge on any atom is 0.279 e. The maximum absolute atomic E-state index is 13.7. The summed E-state index contributed by atoms with van der Waals surface area (Å²) in [6.07, 6.45) is 0.548. The first-order valence-corrected chi connectivity index (χ1v) is 13.1. The molecule has 0 atom stereocenters. The number of anilines is 1. The molecule has 0 saturated carbocycles. The van der Waals surface area contributed by atoms with Gasteiger partial charge in [-0.05, 0) is 42.2 Å². The van der Waals surface area contributed by atoms with E-state index in [-0.39, 0.29) is 28.0 Å². The zero-order valence-corrected chi connectivity index (χ0v) is 20.8. The van der Waals surface area contributed by atoms with E-state index >= 15 is 0 Å². The highest BCUT2D eigenvalue weighted by molar-refractivity contribution is 7.89. The minimum atomic E-state index is -3.58. The van der Waals surface area contributed by atoms with E-state index in [1.54, 1.807) is 47.4 Å². The van der Waals surface area contributed by atoms with Crippen LogP contribution in [-0.2, 0) is 23.0 Å². The van der Waals surface area contributed by atoms with Crippen LogP contribution >= 0.6 is 0 Å².